The van der Waals surface area contributed by atoms with Gasteiger partial charge in [-0.15, -0.1) is 0 Å². The van der Waals surface area contributed by atoms with E-state index in [1.165, 1.54) is 6.07 Å². The molecule has 21 heavy (non-hydrogen) atoms. The van der Waals surface area contributed by atoms with Gasteiger partial charge < -0.3 is 0 Å². The Labute approximate surface area is 133 Å². The number of benzene rings is 2. The molecular formula is C16H14Cl2N2O. The number of halogens is 2. The van der Waals surface area contributed by atoms with Crippen molar-refractivity contribution >= 4 is 35.3 Å². The van der Waals surface area contributed by atoms with Crippen LogP contribution in [0.15, 0.2) is 53.6 Å². The summed E-state index contributed by atoms with van der Waals surface area (Å²) in [4.78, 5) is 11.9. The monoisotopic (exact) mass is 320 g/mol. The summed E-state index contributed by atoms with van der Waals surface area (Å²) in [5.41, 5.74) is 3.93. The van der Waals surface area contributed by atoms with Crippen LogP contribution >= 0.6 is 23.2 Å². The summed E-state index contributed by atoms with van der Waals surface area (Å²) < 4.78 is 0. The van der Waals surface area contributed by atoms with E-state index >= 15 is 0 Å². The normalized spacial score (nSPS) is 12.3. The molecule has 5 heteroatoms. The molecule has 0 saturated heterocycles. The minimum Gasteiger partial charge on any atom is -0.267 e. The van der Waals surface area contributed by atoms with Crippen LogP contribution in [0.4, 0.5) is 0 Å². The van der Waals surface area contributed by atoms with Gasteiger partial charge in [-0.3, -0.25) is 4.79 Å². The molecule has 2 aromatic carbocycles. The van der Waals surface area contributed by atoms with Gasteiger partial charge in [-0.2, -0.15) is 5.10 Å². The molecule has 0 heterocycles. The van der Waals surface area contributed by atoms with Crippen LogP contribution in [0, 0.1) is 0 Å². The van der Waals surface area contributed by atoms with Gasteiger partial charge in [0.1, 0.15) is 0 Å². The van der Waals surface area contributed by atoms with E-state index in [4.69, 9.17) is 23.2 Å². The van der Waals surface area contributed by atoms with Crippen LogP contribution in [0.1, 0.15) is 28.8 Å². The van der Waals surface area contributed by atoms with Gasteiger partial charge >= 0.3 is 0 Å². The average Bonchev–Trinajstić information content (AvgIpc) is 2.47. The predicted molar refractivity (Wildman–Crippen MR) is 87.3 cm³/mol. The second kappa shape index (κ2) is 7.25. The molecule has 0 fully saturated rings. The maximum atomic E-state index is 11.9. The van der Waals surface area contributed by atoms with E-state index in [0.29, 0.717) is 15.6 Å². The molecule has 1 N–H and O–H groups in total. The Morgan fingerprint density at radius 3 is 2.57 bits per heavy atom. The standard InChI is InChI=1S/C16H14Cl2N2O/c1-11(12-5-3-2-4-6-12)10-19-20-16(21)14-8-7-13(17)9-15(14)18/h2-11H,1H3,(H,20,21)/b19-10-/t11-/m1/s1. The Kier molecular flexibility index (Phi) is 5.37. The van der Waals surface area contributed by atoms with E-state index in [0.717, 1.165) is 5.56 Å². The third kappa shape index (κ3) is 4.31. The fraction of sp³-hybridized carbons (Fsp3) is 0.125. The quantitative estimate of drug-likeness (QED) is 0.653. The zero-order chi connectivity index (χ0) is 15.2. The number of hydrogen-bond acceptors (Lipinski definition) is 2. The summed E-state index contributed by atoms with van der Waals surface area (Å²) >= 11 is 11.8. The Balaban J connectivity index is 1.99. The van der Waals surface area contributed by atoms with E-state index in [9.17, 15) is 4.79 Å². The Bertz CT molecular complexity index is 657. The highest BCUT2D eigenvalue weighted by Gasteiger charge is 2.09. The molecule has 0 aromatic heterocycles. The molecule has 3 nitrogen and oxygen atoms in total. The first-order valence-corrected chi connectivity index (χ1v) is 7.17. The molecule has 1 amide bonds. The lowest BCUT2D eigenvalue weighted by Crippen LogP contribution is -2.18. The first-order valence-electron chi connectivity index (χ1n) is 6.41. The summed E-state index contributed by atoms with van der Waals surface area (Å²) in [7, 11) is 0. The Hall–Kier alpha value is -1.84. The molecule has 0 spiro atoms. The van der Waals surface area contributed by atoms with Crippen LogP contribution in [0.25, 0.3) is 0 Å². The summed E-state index contributed by atoms with van der Waals surface area (Å²) in [5.74, 6) is -0.264. The third-order valence-corrected chi connectivity index (χ3v) is 3.51. The molecule has 0 unspecified atom stereocenters. The number of nitrogens with one attached hydrogen (secondary N) is 1. The van der Waals surface area contributed by atoms with Gasteiger partial charge in [-0.1, -0.05) is 60.5 Å². The van der Waals surface area contributed by atoms with Gasteiger partial charge in [-0.05, 0) is 23.8 Å². The van der Waals surface area contributed by atoms with Crippen LogP contribution in [-0.4, -0.2) is 12.1 Å². The fourth-order valence-corrected chi connectivity index (χ4v) is 2.28. The van der Waals surface area contributed by atoms with Gasteiger partial charge in [0.05, 0.1) is 10.6 Å². The minimum absolute atomic E-state index is 0.104. The van der Waals surface area contributed by atoms with Crippen molar-refractivity contribution in [2.75, 3.05) is 0 Å². The van der Waals surface area contributed by atoms with Crippen LogP contribution < -0.4 is 5.43 Å². The summed E-state index contributed by atoms with van der Waals surface area (Å²) in [6.07, 6.45) is 1.68. The largest absolute Gasteiger partial charge is 0.272 e. The second-order valence-electron chi connectivity index (χ2n) is 4.54. The molecule has 0 aliphatic rings. The maximum absolute atomic E-state index is 11.9. The zero-order valence-corrected chi connectivity index (χ0v) is 12.9. The summed E-state index contributed by atoms with van der Waals surface area (Å²) in [6.45, 7) is 2.00. The third-order valence-electron chi connectivity index (χ3n) is 2.97. The number of nitrogens with zero attached hydrogens (tertiary/aromatic N) is 1. The van der Waals surface area contributed by atoms with Crippen LogP contribution in [0.2, 0.25) is 10.0 Å². The van der Waals surface area contributed by atoms with E-state index in [2.05, 4.69) is 10.5 Å². The highest BCUT2D eigenvalue weighted by atomic mass is 35.5. The van der Waals surface area contributed by atoms with E-state index in [1.807, 2.05) is 37.3 Å². The number of carbonyl (C=O) groups excluding carboxylic acids is 1. The van der Waals surface area contributed by atoms with Crippen molar-refractivity contribution in [2.24, 2.45) is 5.10 Å². The Morgan fingerprint density at radius 2 is 1.90 bits per heavy atom. The van der Waals surface area contributed by atoms with E-state index in [1.54, 1.807) is 18.3 Å². The molecular weight excluding hydrogens is 307 g/mol. The maximum Gasteiger partial charge on any atom is 0.272 e. The molecule has 2 rings (SSSR count). The number of hydrogen-bond donors (Lipinski definition) is 1. The number of amides is 1. The van der Waals surface area contributed by atoms with Crippen molar-refractivity contribution in [3.63, 3.8) is 0 Å². The predicted octanol–water partition coefficient (Wildman–Crippen LogP) is 4.51. The van der Waals surface area contributed by atoms with Gasteiger partial charge in [0.15, 0.2) is 0 Å². The van der Waals surface area contributed by atoms with Crippen molar-refractivity contribution in [3.8, 4) is 0 Å². The minimum atomic E-state index is -0.367. The number of rotatable bonds is 4. The molecule has 2 aromatic rings. The van der Waals surface area contributed by atoms with Crippen molar-refractivity contribution in [1.29, 1.82) is 0 Å². The van der Waals surface area contributed by atoms with Gasteiger partial charge in [0, 0.05) is 17.2 Å². The van der Waals surface area contributed by atoms with Gasteiger partial charge in [-0.25, -0.2) is 5.43 Å². The fourth-order valence-electron chi connectivity index (χ4n) is 1.78. The molecule has 0 bridgehead atoms. The SMILES string of the molecule is C[C@H](/C=N\NC(=O)c1ccc(Cl)cc1Cl)c1ccccc1. The molecule has 0 aliphatic carbocycles. The molecule has 0 saturated carbocycles. The lowest BCUT2D eigenvalue weighted by molar-refractivity contribution is 0.0955. The average molecular weight is 321 g/mol. The van der Waals surface area contributed by atoms with Crippen molar-refractivity contribution in [2.45, 2.75) is 12.8 Å². The second-order valence-corrected chi connectivity index (χ2v) is 5.39. The first kappa shape index (κ1) is 15.5. The van der Waals surface area contributed by atoms with Crippen LogP contribution in [0.5, 0.6) is 0 Å². The summed E-state index contributed by atoms with van der Waals surface area (Å²) in [6, 6.07) is 14.6. The van der Waals surface area contributed by atoms with E-state index in [-0.39, 0.29) is 11.8 Å². The molecule has 0 radical (unpaired) electrons. The smallest absolute Gasteiger partial charge is 0.267 e. The number of carbonyl (C=O) groups is 1. The molecule has 108 valence electrons. The lowest BCUT2D eigenvalue weighted by Gasteiger charge is -2.06. The van der Waals surface area contributed by atoms with Crippen LogP contribution in [-0.2, 0) is 0 Å². The highest BCUT2D eigenvalue weighted by Crippen LogP contribution is 2.20. The highest BCUT2D eigenvalue weighted by molar-refractivity contribution is 6.36. The van der Waals surface area contributed by atoms with Crippen LogP contribution in [0.3, 0.4) is 0 Å². The zero-order valence-electron chi connectivity index (χ0n) is 11.4. The van der Waals surface area contributed by atoms with Gasteiger partial charge in [0.25, 0.3) is 5.91 Å². The molecule has 1 atom stereocenters. The lowest BCUT2D eigenvalue weighted by atomic mass is 10.0. The van der Waals surface area contributed by atoms with Gasteiger partial charge in [0.2, 0.25) is 0 Å². The molecule has 0 aliphatic heterocycles. The first-order chi connectivity index (χ1) is 10.1. The van der Waals surface area contributed by atoms with Crippen molar-refractivity contribution in [1.82, 2.24) is 5.43 Å². The topological polar surface area (TPSA) is 41.5 Å². The van der Waals surface area contributed by atoms with Crippen molar-refractivity contribution in [3.05, 3.63) is 69.7 Å². The van der Waals surface area contributed by atoms with E-state index < -0.39 is 0 Å². The van der Waals surface area contributed by atoms with Crippen molar-refractivity contribution < 1.29 is 4.79 Å². The number of hydrazone groups is 1. The summed E-state index contributed by atoms with van der Waals surface area (Å²) in [5, 5.41) is 4.75. The Morgan fingerprint density at radius 1 is 1.19 bits per heavy atom.